The molecule has 25 heavy (non-hydrogen) atoms. The first-order chi connectivity index (χ1) is 12.3. The maximum atomic E-state index is 11.7. The van der Waals surface area contributed by atoms with Crippen molar-refractivity contribution in [2.24, 2.45) is 0 Å². The van der Waals surface area contributed by atoms with Crippen molar-refractivity contribution < 1.29 is 19.0 Å². The zero-order valence-electron chi connectivity index (χ0n) is 14.0. The van der Waals surface area contributed by atoms with Crippen LogP contribution in [0.1, 0.15) is 16.8 Å². The highest BCUT2D eigenvalue weighted by atomic mass is 16.5. The number of ether oxygens (including phenoxy) is 3. The average molecular weight is 337 g/mol. The predicted octanol–water partition coefficient (Wildman–Crippen LogP) is 3.87. The molecule has 0 amide bonds. The standard InChI is InChI=1S/C20H19NO4/c1-23-20(22)16-9-2-3-10-17(16)24-13-6-14-25-18-11-4-7-15-8-5-12-21-19(15)18/h2-5,7-12H,6,13-14H2,1H3. The topological polar surface area (TPSA) is 57.7 Å². The molecule has 0 aliphatic carbocycles. The van der Waals surface area contributed by atoms with E-state index in [1.807, 2.05) is 36.4 Å². The minimum atomic E-state index is -0.409. The summed E-state index contributed by atoms with van der Waals surface area (Å²) in [5.41, 5.74) is 1.27. The highest BCUT2D eigenvalue weighted by Crippen LogP contribution is 2.23. The lowest BCUT2D eigenvalue weighted by atomic mass is 10.2. The van der Waals surface area contributed by atoms with Gasteiger partial charge in [0.25, 0.3) is 0 Å². The van der Waals surface area contributed by atoms with E-state index in [1.165, 1.54) is 7.11 Å². The van der Waals surface area contributed by atoms with Crippen LogP contribution in [0.3, 0.4) is 0 Å². The van der Waals surface area contributed by atoms with Crippen LogP contribution in [-0.4, -0.2) is 31.3 Å². The third-order valence-corrected chi connectivity index (χ3v) is 3.69. The van der Waals surface area contributed by atoms with Crippen LogP contribution in [0.15, 0.2) is 60.8 Å². The molecular weight excluding hydrogens is 318 g/mol. The quantitative estimate of drug-likeness (QED) is 0.484. The van der Waals surface area contributed by atoms with Crippen LogP contribution in [-0.2, 0) is 4.74 Å². The van der Waals surface area contributed by atoms with Gasteiger partial charge in [0.1, 0.15) is 22.6 Å². The van der Waals surface area contributed by atoms with Crippen LogP contribution in [0.25, 0.3) is 10.9 Å². The molecule has 0 saturated heterocycles. The summed E-state index contributed by atoms with van der Waals surface area (Å²) in [6, 6.07) is 16.8. The number of carbonyl (C=O) groups is 1. The summed E-state index contributed by atoms with van der Waals surface area (Å²) in [7, 11) is 1.35. The van der Waals surface area contributed by atoms with Gasteiger partial charge in [-0.15, -0.1) is 0 Å². The molecule has 0 radical (unpaired) electrons. The van der Waals surface area contributed by atoms with Gasteiger partial charge in [0, 0.05) is 18.0 Å². The molecule has 1 aromatic heterocycles. The third-order valence-electron chi connectivity index (χ3n) is 3.69. The summed E-state index contributed by atoms with van der Waals surface area (Å²) in [6.45, 7) is 0.933. The van der Waals surface area contributed by atoms with Gasteiger partial charge in [0.05, 0.1) is 20.3 Å². The Bertz CT molecular complexity index is 858. The van der Waals surface area contributed by atoms with Crippen LogP contribution in [0, 0.1) is 0 Å². The first kappa shape index (κ1) is 16.8. The normalized spacial score (nSPS) is 10.4. The van der Waals surface area contributed by atoms with Crippen molar-refractivity contribution in [3.8, 4) is 11.5 Å². The SMILES string of the molecule is COC(=O)c1ccccc1OCCCOc1cccc2cccnc12. The van der Waals surface area contributed by atoms with Crippen LogP contribution >= 0.6 is 0 Å². The highest BCUT2D eigenvalue weighted by Gasteiger charge is 2.11. The second-order valence-corrected chi connectivity index (χ2v) is 5.37. The van der Waals surface area contributed by atoms with E-state index in [1.54, 1.807) is 24.4 Å². The van der Waals surface area contributed by atoms with E-state index in [0.717, 1.165) is 16.7 Å². The maximum absolute atomic E-state index is 11.7. The monoisotopic (exact) mass is 337 g/mol. The molecular formula is C20H19NO4. The van der Waals surface area contributed by atoms with Crippen molar-refractivity contribution in [3.63, 3.8) is 0 Å². The molecule has 0 atom stereocenters. The maximum Gasteiger partial charge on any atom is 0.341 e. The molecule has 0 aliphatic rings. The van der Waals surface area contributed by atoms with E-state index in [9.17, 15) is 4.79 Å². The highest BCUT2D eigenvalue weighted by molar-refractivity contribution is 5.92. The average Bonchev–Trinajstić information content (AvgIpc) is 2.67. The number of pyridine rings is 1. The summed E-state index contributed by atoms with van der Waals surface area (Å²) < 4.78 is 16.3. The van der Waals surface area contributed by atoms with Gasteiger partial charge in [0.15, 0.2) is 0 Å². The van der Waals surface area contributed by atoms with Gasteiger partial charge in [-0.25, -0.2) is 4.79 Å². The molecule has 5 heteroatoms. The Morgan fingerprint density at radius 2 is 1.64 bits per heavy atom. The fourth-order valence-corrected chi connectivity index (χ4v) is 2.49. The number of hydrogen-bond donors (Lipinski definition) is 0. The summed E-state index contributed by atoms with van der Waals surface area (Å²) in [5.74, 6) is 0.864. The first-order valence-corrected chi connectivity index (χ1v) is 8.06. The lowest BCUT2D eigenvalue weighted by molar-refractivity contribution is 0.0596. The van der Waals surface area contributed by atoms with Crippen LogP contribution < -0.4 is 9.47 Å². The third kappa shape index (κ3) is 4.07. The van der Waals surface area contributed by atoms with Crippen molar-refractivity contribution in [2.45, 2.75) is 6.42 Å². The largest absolute Gasteiger partial charge is 0.493 e. The lowest BCUT2D eigenvalue weighted by Crippen LogP contribution is -2.09. The smallest absolute Gasteiger partial charge is 0.341 e. The van der Waals surface area contributed by atoms with Crippen molar-refractivity contribution in [3.05, 3.63) is 66.4 Å². The molecule has 0 aliphatic heterocycles. The second-order valence-electron chi connectivity index (χ2n) is 5.37. The minimum absolute atomic E-state index is 0.409. The molecule has 0 spiro atoms. The van der Waals surface area contributed by atoms with Crippen LogP contribution in [0.4, 0.5) is 0 Å². The zero-order valence-corrected chi connectivity index (χ0v) is 14.0. The van der Waals surface area contributed by atoms with Gasteiger partial charge in [-0.2, -0.15) is 0 Å². The van der Waals surface area contributed by atoms with Crippen LogP contribution in [0.2, 0.25) is 0 Å². The van der Waals surface area contributed by atoms with Crippen molar-refractivity contribution in [1.82, 2.24) is 4.98 Å². The van der Waals surface area contributed by atoms with Gasteiger partial charge in [0.2, 0.25) is 0 Å². The molecule has 1 heterocycles. The summed E-state index contributed by atoms with van der Waals surface area (Å²) in [5, 5.41) is 1.04. The Morgan fingerprint density at radius 1 is 0.920 bits per heavy atom. The van der Waals surface area contributed by atoms with Crippen molar-refractivity contribution in [2.75, 3.05) is 20.3 Å². The lowest BCUT2D eigenvalue weighted by Gasteiger charge is -2.11. The molecule has 3 aromatic rings. The van der Waals surface area contributed by atoms with E-state index in [0.29, 0.717) is 30.9 Å². The van der Waals surface area contributed by atoms with Crippen LogP contribution in [0.5, 0.6) is 11.5 Å². The Labute approximate surface area is 146 Å². The minimum Gasteiger partial charge on any atom is -0.493 e. The van der Waals surface area contributed by atoms with Gasteiger partial charge in [-0.3, -0.25) is 4.98 Å². The molecule has 2 aromatic carbocycles. The fraction of sp³-hybridized carbons (Fsp3) is 0.200. The number of carbonyl (C=O) groups excluding carboxylic acids is 1. The van der Waals surface area contributed by atoms with E-state index in [-0.39, 0.29) is 0 Å². The summed E-state index contributed by atoms with van der Waals surface area (Å²) in [4.78, 5) is 16.1. The number of benzene rings is 2. The molecule has 0 bridgehead atoms. The number of para-hydroxylation sites is 2. The molecule has 0 unspecified atom stereocenters. The number of rotatable bonds is 7. The Hall–Kier alpha value is -3.08. The van der Waals surface area contributed by atoms with Crippen molar-refractivity contribution in [1.29, 1.82) is 0 Å². The molecule has 0 N–H and O–H groups in total. The Balaban J connectivity index is 1.53. The number of fused-ring (bicyclic) bond motifs is 1. The molecule has 5 nitrogen and oxygen atoms in total. The van der Waals surface area contributed by atoms with E-state index in [2.05, 4.69) is 4.98 Å². The number of nitrogens with zero attached hydrogens (tertiary/aromatic N) is 1. The fourth-order valence-electron chi connectivity index (χ4n) is 2.49. The molecule has 128 valence electrons. The van der Waals surface area contributed by atoms with E-state index < -0.39 is 5.97 Å². The summed E-state index contributed by atoms with van der Waals surface area (Å²) in [6.07, 6.45) is 2.43. The second kappa shape index (κ2) is 8.15. The van der Waals surface area contributed by atoms with Gasteiger partial charge in [-0.1, -0.05) is 30.3 Å². The summed E-state index contributed by atoms with van der Waals surface area (Å²) >= 11 is 0. The number of esters is 1. The van der Waals surface area contributed by atoms with Gasteiger partial charge < -0.3 is 14.2 Å². The molecule has 3 rings (SSSR count). The Morgan fingerprint density at radius 3 is 2.48 bits per heavy atom. The first-order valence-electron chi connectivity index (χ1n) is 8.06. The van der Waals surface area contributed by atoms with Gasteiger partial charge in [-0.05, 0) is 24.3 Å². The molecule has 0 fully saturated rings. The predicted molar refractivity (Wildman–Crippen MR) is 95.1 cm³/mol. The Kier molecular flexibility index (Phi) is 5.46. The zero-order chi connectivity index (χ0) is 17.5. The molecule has 0 saturated carbocycles. The number of hydrogen-bond acceptors (Lipinski definition) is 5. The number of methoxy groups -OCH3 is 1. The van der Waals surface area contributed by atoms with Crippen molar-refractivity contribution >= 4 is 16.9 Å². The van der Waals surface area contributed by atoms with E-state index in [4.69, 9.17) is 14.2 Å². The van der Waals surface area contributed by atoms with E-state index >= 15 is 0 Å². The number of aromatic nitrogens is 1. The van der Waals surface area contributed by atoms with Gasteiger partial charge >= 0.3 is 5.97 Å².